The lowest BCUT2D eigenvalue weighted by Crippen LogP contribution is -2.48. The number of hydrogen-bond acceptors (Lipinski definition) is 2. The first-order valence-corrected chi connectivity index (χ1v) is 10.7. The molecule has 1 aromatic heterocycles. The summed E-state index contributed by atoms with van der Waals surface area (Å²) in [7, 11) is 0. The molecule has 2 N–H and O–H groups in total. The number of nitrogens with one attached hydrogen (secondary N) is 2. The first kappa shape index (κ1) is 19.4. The lowest BCUT2D eigenvalue weighted by atomic mass is 10.0. The highest BCUT2D eigenvalue weighted by Gasteiger charge is 2.27. The highest BCUT2D eigenvalue weighted by molar-refractivity contribution is 5.93. The zero-order chi connectivity index (χ0) is 21.4. The Hall–Kier alpha value is -3.60. The number of para-hydroxylation sites is 1. The van der Waals surface area contributed by atoms with Crippen molar-refractivity contribution >= 4 is 33.5 Å². The molecule has 0 aliphatic carbocycles. The van der Waals surface area contributed by atoms with Crippen LogP contribution in [0.2, 0.25) is 0 Å². The van der Waals surface area contributed by atoms with Gasteiger partial charge in [-0.15, -0.1) is 0 Å². The van der Waals surface area contributed by atoms with Crippen LogP contribution in [0.25, 0.3) is 21.7 Å². The van der Waals surface area contributed by atoms with Gasteiger partial charge in [-0.1, -0.05) is 60.7 Å². The number of H-pyrrole nitrogens is 1. The summed E-state index contributed by atoms with van der Waals surface area (Å²) in [5.74, 6) is -0.177. The number of aromatic amines is 1. The molecule has 0 bridgehead atoms. The van der Waals surface area contributed by atoms with Crippen LogP contribution >= 0.6 is 0 Å². The van der Waals surface area contributed by atoms with Crippen LogP contribution in [-0.2, 0) is 29.0 Å². The van der Waals surface area contributed by atoms with Crippen molar-refractivity contribution in [3.8, 4) is 0 Å². The van der Waals surface area contributed by atoms with Gasteiger partial charge >= 0.3 is 0 Å². The molecule has 5 nitrogen and oxygen atoms in total. The molecule has 0 spiro atoms. The summed E-state index contributed by atoms with van der Waals surface area (Å²) in [6.45, 7) is 3.00. The van der Waals surface area contributed by atoms with Gasteiger partial charge in [0.15, 0.2) is 0 Å². The van der Waals surface area contributed by atoms with E-state index in [1.165, 1.54) is 16.6 Å². The van der Waals surface area contributed by atoms with Gasteiger partial charge in [-0.3, -0.25) is 9.59 Å². The Bertz CT molecular complexity index is 1290. The molecule has 1 atom stereocenters. The standard InChI is InChI=1S/C26H25N3O2/c1-17(27-25(30)15-19-9-6-8-18-7-2-3-10-20(18)19)26(31)29-14-13-24-22(16-29)21-11-4-5-12-23(21)28-24/h2-12,17,28H,13-16H2,1H3,(H,27,30). The van der Waals surface area contributed by atoms with E-state index in [0.29, 0.717) is 13.1 Å². The highest BCUT2D eigenvalue weighted by Crippen LogP contribution is 2.27. The average Bonchev–Trinajstić information content (AvgIpc) is 3.16. The third-order valence-electron chi connectivity index (χ3n) is 6.17. The van der Waals surface area contributed by atoms with Gasteiger partial charge in [0.2, 0.25) is 11.8 Å². The quantitative estimate of drug-likeness (QED) is 0.534. The van der Waals surface area contributed by atoms with Crippen molar-refractivity contribution in [2.24, 2.45) is 0 Å². The first-order chi connectivity index (χ1) is 15.1. The zero-order valence-corrected chi connectivity index (χ0v) is 17.5. The number of carbonyl (C=O) groups is 2. The van der Waals surface area contributed by atoms with E-state index in [-0.39, 0.29) is 18.2 Å². The number of aromatic nitrogens is 1. The van der Waals surface area contributed by atoms with Gasteiger partial charge in [0.1, 0.15) is 6.04 Å². The minimum absolute atomic E-state index is 0.0396. The predicted molar refractivity (Wildman–Crippen MR) is 123 cm³/mol. The molecular formula is C26H25N3O2. The molecule has 1 aliphatic heterocycles. The molecule has 0 fully saturated rings. The van der Waals surface area contributed by atoms with Crippen LogP contribution in [0.15, 0.2) is 66.7 Å². The smallest absolute Gasteiger partial charge is 0.245 e. The molecule has 31 heavy (non-hydrogen) atoms. The maximum Gasteiger partial charge on any atom is 0.245 e. The van der Waals surface area contributed by atoms with E-state index in [1.807, 2.05) is 59.5 Å². The van der Waals surface area contributed by atoms with Crippen molar-refractivity contribution in [2.45, 2.75) is 32.4 Å². The number of amides is 2. The van der Waals surface area contributed by atoms with E-state index in [4.69, 9.17) is 0 Å². The van der Waals surface area contributed by atoms with Crippen molar-refractivity contribution in [1.82, 2.24) is 15.2 Å². The van der Waals surface area contributed by atoms with E-state index >= 15 is 0 Å². The average molecular weight is 412 g/mol. The molecule has 1 aliphatic rings. The maximum atomic E-state index is 13.1. The summed E-state index contributed by atoms with van der Waals surface area (Å²) in [5, 5.41) is 6.26. The summed E-state index contributed by atoms with van der Waals surface area (Å²) in [5.41, 5.74) is 4.47. The number of fused-ring (bicyclic) bond motifs is 4. The normalized spacial score (nSPS) is 14.4. The van der Waals surface area contributed by atoms with E-state index in [1.54, 1.807) is 6.92 Å². The van der Waals surface area contributed by atoms with Crippen LogP contribution in [0.3, 0.4) is 0 Å². The van der Waals surface area contributed by atoms with Gasteiger partial charge < -0.3 is 15.2 Å². The summed E-state index contributed by atoms with van der Waals surface area (Å²) < 4.78 is 0. The van der Waals surface area contributed by atoms with E-state index in [9.17, 15) is 9.59 Å². The highest BCUT2D eigenvalue weighted by atomic mass is 16.2. The van der Waals surface area contributed by atoms with Crippen LogP contribution in [0.5, 0.6) is 0 Å². The number of benzene rings is 3. The van der Waals surface area contributed by atoms with Gasteiger partial charge in [-0.25, -0.2) is 0 Å². The topological polar surface area (TPSA) is 65.2 Å². The Balaban J connectivity index is 1.26. The van der Waals surface area contributed by atoms with Gasteiger partial charge in [-0.05, 0) is 29.3 Å². The molecule has 1 unspecified atom stereocenters. The summed E-state index contributed by atoms with van der Waals surface area (Å²) in [6.07, 6.45) is 1.05. The van der Waals surface area contributed by atoms with Gasteiger partial charge in [0.25, 0.3) is 0 Å². The third kappa shape index (κ3) is 3.67. The van der Waals surface area contributed by atoms with Crippen LogP contribution in [0.4, 0.5) is 0 Å². The molecule has 5 rings (SSSR count). The van der Waals surface area contributed by atoms with Gasteiger partial charge in [0.05, 0.1) is 6.42 Å². The van der Waals surface area contributed by atoms with Crippen molar-refractivity contribution in [1.29, 1.82) is 0 Å². The molecule has 0 saturated heterocycles. The molecule has 3 aromatic carbocycles. The SMILES string of the molecule is CC(NC(=O)Cc1cccc2ccccc12)C(=O)N1CCc2[nH]c3ccccc3c2C1. The molecule has 0 radical (unpaired) electrons. The van der Waals surface area contributed by atoms with E-state index in [0.717, 1.165) is 28.3 Å². The number of carbonyl (C=O) groups excluding carboxylic acids is 2. The van der Waals surface area contributed by atoms with Crippen molar-refractivity contribution < 1.29 is 9.59 Å². The Labute approximate surface area is 181 Å². The molecular weight excluding hydrogens is 386 g/mol. The third-order valence-corrected chi connectivity index (χ3v) is 6.17. The number of hydrogen-bond donors (Lipinski definition) is 2. The fraction of sp³-hybridized carbons (Fsp3) is 0.231. The van der Waals surface area contributed by atoms with Crippen LogP contribution in [-0.4, -0.2) is 34.3 Å². The summed E-state index contributed by atoms with van der Waals surface area (Å²) >= 11 is 0. The molecule has 2 amide bonds. The van der Waals surface area contributed by atoms with Crippen LogP contribution in [0, 0.1) is 0 Å². The number of nitrogens with zero attached hydrogens (tertiary/aromatic N) is 1. The molecule has 5 heteroatoms. The van der Waals surface area contributed by atoms with Crippen molar-refractivity contribution in [2.75, 3.05) is 6.54 Å². The second-order valence-corrected chi connectivity index (χ2v) is 8.24. The molecule has 4 aromatic rings. The number of rotatable bonds is 4. The second kappa shape index (κ2) is 7.91. The molecule has 156 valence electrons. The summed E-state index contributed by atoms with van der Waals surface area (Å²) in [6, 6.07) is 21.6. The van der Waals surface area contributed by atoms with E-state index in [2.05, 4.69) is 22.4 Å². The second-order valence-electron chi connectivity index (χ2n) is 8.24. The Morgan fingerprint density at radius 1 is 1.00 bits per heavy atom. The van der Waals surface area contributed by atoms with Crippen LogP contribution in [0.1, 0.15) is 23.7 Å². The van der Waals surface area contributed by atoms with Crippen LogP contribution < -0.4 is 5.32 Å². The maximum absolute atomic E-state index is 13.1. The van der Waals surface area contributed by atoms with Gasteiger partial charge in [-0.2, -0.15) is 0 Å². The lowest BCUT2D eigenvalue weighted by Gasteiger charge is -2.30. The zero-order valence-electron chi connectivity index (χ0n) is 17.5. The minimum Gasteiger partial charge on any atom is -0.358 e. The predicted octanol–water partition coefficient (Wildman–Crippen LogP) is 3.95. The Morgan fingerprint density at radius 2 is 1.74 bits per heavy atom. The Morgan fingerprint density at radius 3 is 2.61 bits per heavy atom. The van der Waals surface area contributed by atoms with Gasteiger partial charge in [0, 0.05) is 41.7 Å². The lowest BCUT2D eigenvalue weighted by molar-refractivity contribution is -0.136. The van der Waals surface area contributed by atoms with E-state index < -0.39 is 6.04 Å². The minimum atomic E-state index is -0.561. The Kier molecular flexibility index (Phi) is 4.94. The molecule has 2 heterocycles. The fourth-order valence-electron chi connectivity index (χ4n) is 4.60. The fourth-order valence-corrected chi connectivity index (χ4v) is 4.60. The van der Waals surface area contributed by atoms with Crippen molar-refractivity contribution in [3.05, 3.63) is 83.6 Å². The van der Waals surface area contributed by atoms with Crippen molar-refractivity contribution in [3.63, 3.8) is 0 Å². The largest absolute Gasteiger partial charge is 0.358 e. The first-order valence-electron chi connectivity index (χ1n) is 10.7. The molecule has 0 saturated carbocycles. The summed E-state index contributed by atoms with van der Waals surface area (Å²) in [4.78, 5) is 31.1. The monoisotopic (exact) mass is 411 g/mol.